The van der Waals surface area contributed by atoms with Crippen LogP contribution in [0.1, 0.15) is 26.2 Å². The lowest BCUT2D eigenvalue weighted by Crippen LogP contribution is -1.76. The molecule has 0 aromatic heterocycles. The molecule has 0 aromatic carbocycles. The molecular formula is C7H15PS. The van der Waals surface area contributed by atoms with Crippen molar-refractivity contribution in [1.82, 2.24) is 0 Å². The van der Waals surface area contributed by atoms with Gasteiger partial charge in [-0.15, -0.1) is 11.4 Å². The quantitative estimate of drug-likeness (QED) is 0.571. The van der Waals surface area contributed by atoms with Gasteiger partial charge >= 0.3 is 0 Å². The first-order chi connectivity index (χ1) is 4.34. The summed E-state index contributed by atoms with van der Waals surface area (Å²) in [6, 6.07) is 0. The van der Waals surface area contributed by atoms with E-state index in [0.717, 1.165) is 5.66 Å². The van der Waals surface area contributed by atoms with Crippen LogP contribution in [0.15, 0.2) is 0 Å². The van der Waals surface area contributed by atoms with Gasteiger partial charge in [-0.1, -0.05) is 6.92 Å². The summed E-state index contributed by atoms with van der Waals surface area (Å²) in [5.74, 6) is 1.39. The molecular weight excluding hydrogens is 147 g/mol. The summed E-state index contributed by atoms with van der Waals surface area (Å²) in [5, 5.41) is 0. The van der Waals surface area contributed by atoms with Crippen LogP contribution in [0.4, 0.5) is 0 Å². The molecule has 0 amide bonds. The molecule has 1 aliphatic carbocycles. The standard InChI is InChI=1S/C7H15PS/c1-3-6-9-8(2)7-4-5-7/h7H,3-6H2,1-2H3. The summed E-state index contributed by atoms with van der Waals surface area (Å²) < 4.78 is 0. The summed E-state index contributed by atoms with van der Waals surface area (Å²) in [6.45, 7) is 4.70. The number of hydrogen-bond acceptors (Lipinski definition) is 1. The third-order valence-corrected chi connectivity index (χ3v) is 6.77. The van der Waals surface area contributed by atoms with E-state index in [1.54, 1.807) is 0 Å². The fraction of sp³-hybridized carbons (Fsp3) is 1.00. The molecule has 2 heteroatoms. The van der Waals surface area contributed by atoms with E-state index in [4.69, 9.17) is 0 Å². The summed E-state index contributed by atoms with van der Waals surface area (Å²) in [5.41, 5.74) is 1.15. The molecule has 1 atom stereocenters. The molecule has 0 nitrogen and oxygen atoms in total. The first-order valence-corrected chi connectivity index (χ1v) is 7.15. The molecule has 1 rings (SSSR count). The fourth-order valence-electron chi connectivity index (χ4n) is 0.779. The van der Waals surface area contributed by atoms with Crippen LogP contribution in [0.3, 0.4) is 0 Å². The Hall–Kier alpha value is 0.780. The Labute approximate surface area is 63.3 Å². The van der Waals surface area contributed by atoms with Crippen LogP contribution in [0.25, 0.3) is 0 Å². The second-order valence-corrected chi connectivity index (χ2v) is 7.60. The van der Waals surface area contributed by atoms with E-state index in [1.165, 1.54) is 25.0 Å². The zero-order valence-corrected chi connectivity index (χ0v) is 7.97. The Bertz CT molecular complexity index is 81.0. The Morgan fingerprint density at radius 3 is 2.67 bits per heavy atom. The van der Waals surface area contributed by atoms with Gasteiger partial charge in [0.05, 0.1) is 0 Å². The van der Waals surface area contributed by atoms with E-state index in [1.807, 2.05) is 0 Å². The second kappa shape index (κ2) is 3.83. The molecule has 0 aliphatic heterocycles. The molecule has 0 bridgehead atoms. The molecule has 0 N–H and O–H groups in total. The molecule has 0 aromatic rings. The van der Waals surface area contributed by atoms with Crippen molar-refractivity contribution in [3.05, 3.63) is 0 Å². The highest BCUT2D eigenvalue weighted by Gasteiger charge is 2.27. The van der Waals surface area contributed by atoms with Gasteiger partial charge in [-0.3, -0.25) is 0 Å². The van der Waals surface area contributed by atoms with Gasteiger partial charge in [0, 0.05) is 0 Å². The van der Waals surface area contributed by atoms with Crippen molar-refractivity contribution >= 4 is 18.5 Å². The van der Waals surface area contributed by atoms with Gasteiger partial charge in [-0.25, -0.2) is 0 Å². The average molecular weight is 162 g/mol. The first kappa shape index (κ1) is 7.88. The zero-order valence-electron chi connectivity index (χ0n) is 6.26. The molecule has 1 unspecified atom stereocenters. The van der Waals surface area contributed by atoms with Gasteiger partial charge in [-0.05, 0) is 44.5 Å². The van der Waals surface area contributed by atoms with Crippen LogP contribution < -0.4 is 0 Å². The highest BCUT2D eigenvalue weighted by molar-refractivity contribution is 8.55. The average Bonchev–Trinajstić information content (AvgIpc) is 2.63. The lowest BCUT2D eigenvalue weighted by atomic mass is 10.6. The topological polar surface area (TPSA) is 0 Å². The monoisotopic (exact) mass is 162 g/mol. The van der Waals surface area contributed by atoms with E-state index in [0.29, 0.717) is 7.12 Å². The maximum absolute atomic E-state index is 2.44. The van der Waals surface area contributed by atoms with Crippen LogP contribution in [0.5, 0.6) is 0 Å². The van der Waals surface area contributed by atoms with Gasteiger partial charge < -0.3 is 0 Å². The highest BCUT2D eigenvalue weighted by atomic mass is 32.7. The minimum atomic E-state index is 0.382. The zero-order chi connectivity index (χ0) is 6.69. The van der Waals surface area contributed by atoms with E-state index >= 15 is 0 Å². The maximum Gasteiger partial charge on any atom is -0.00284 e. The van der Waals surface area contributed by atoms with Crippen molar-refractivity contribution in [1.29, 1.82) is 0 Å². The third-order valence-electron chi connectivity index (χ3n) is 1.56. The largest absolute Gasteiger partial charge is 0.134 e. The van der Waals surface area contributed by atoms with Gasteiger partial charge in [0.25, 0.3) is 0 Å². The summed E-state index contributed by atoms with van der Waals surface area (Å²) >= 11 is 2.21. The van der Waals surface area contributed by atoms with Crippen molar-refractivity contribution in [2.45, 2.75) is 31.8 Å². The van der Waals surface area contributed by atoms with Gasteiger partial charge in [0.1, 0.15) is 0 Å². The van der Waals surface area contributed by atoms with Crippen LogP contribution in [0.2, 0.25) is 0 Å². The number of hydrogen-bond donors (Lipinski definition) is 0. The minimum absolute atomic E-state index is 0.382. The molecule has 9 heavy (non-hydrogen) atoms. The first-order valence-electron chi connectivity index (χ1n) is 3.70. The Morgan fingerprint density at radius 2 is 2.22 bits per heavy atom. The lowest BCUT2D eigenvalue weighted by Gasteiger charge is -2.07. The predicted molar refractivity (Wildman–Crippen MR) is 48.6 cm³/mol. The van der Waals surface area contributed by atoms with Crippen LogP contribution in [-0.2, 0) is 0 Å². The molecule has 54 valence electrons. The molecule has 1 fully saturated rings. The van der Waals surface area contributed by atoms with Crippen LogP contribution >= 0.6 is 18.5 Å². The summed E-state index contributed by atoms with van der Waals surface area (Å²) in [4.78, 5) is 0. The fourth-order valence-corrected chi connectivity index (χ4v) is 5.01. The summed E-state index contributed by atoms with van der Waals surface area (Å²) in [7, 11) is 0.382. The number of rotatable bonds is 4. The van der Waals surface area contributed by atoms with Gasteiger partial charge in [0.2, 0.25) is 0 Å². The van der Waals surface area contributed by atoms with Crippen molar-refractivity contribution in [3.8, 4) is 0 Å². The van der Waals surface area contributed by atoms with Crippen molar-refractivity contribution in [2.24, 2.45) is 0 Å². The lowest BCUT2D eigenvalue weighted by molar-refractivity contribution is 1.11. The third kappa shape index (κ3) is 2.91. The molecule has 1 saturated carbocycles. The van der Waals surface area contributed by atoms with Crippen molar-refractivity contribution in [2.75, 3.05) is 12.4 Å². The Morgan fingerprint density at radius 1 is 1.56 bits per heavy atom. The van der Waals surface area contributed by atoms with E-state index in [-0.39, 0.29) is 0 Å². The van der Waals surface area contributed by atoms with Crippen LogP contribution in [-0.4, -0.2) is 18.1 Å². The van der Waals surface area contributed by atoms with Gasteiger partial charge in [-0.2, -0.15) is 0 Å². The van der Waals surface area contributed by atoms with Gasteiger partial charge in [0.15, 0.2) is 0 Å². The molecule has 1 aliphatic rings. The van der Waals surface area contributed by atoms with Crippen molar-refractivity contribution in [3.63, 3.8) is 0 Å². The summed E-state index contributed by atoms with van der Waals surface area (Å²) in [6.07, 6.45) is 4.40. The van der Waals surface area contributed by atoms with E-state index in [2.05, 4.69) is 25.0 Å². The SMILES string of the molecule is CCCSP(C)C1CC1. The smallest absolute Gasteiger partial charge is 0.00284 e. The maximum atomic E-state index is 2.44. The predicted octanol–water partition coefficient (Wildman–Crippen LogP) is 3.32. The normalized spacial score (nSPS) is 22.0. The molecule has 0 saturated heterocycles. The van der Waals surface area contributed by atoms with Crippen molar-refractivity contribution < 1.29 is 0 Å². The Balaban J connectivity index is 1.96. The molecule has 0 radical (unpaired) electrons. The van der Waals surface area contributed by atoms with E-state index in [9.17, 15) is 0 Å². The highest BCUT2D eigenvalue weighted by Crippen LogP contribution is 2.59. The molecule has 0 spiro atoms. The van der Waals surface area contributed by atoms with E-state index < -0.39 is 0 Å². The minimum Gasteiger partial charge on any atom is -0.134 e. The molecule has 0 heterocycles. The second-order valence-electron chi connectivity index (χ2n) is 2.61. The Kier molecular flexibility index (Phi) is 3.35. The van der Waals surface area contributed by atoms with Crippen LogP contribution in [0, 0.1) is 0 Å².